The Morgan fingerprint density at radius 2 is 2.25 bits per heavy atom. The first kappa shape index (κ1) is 7.14. The molecule has 1 heteroatoms. The summed E-state index contributed by atoms with van der Waals surface area (Å²) in [5, 5.41) is 0. The molecule has 4 aliphatic rings. The van der Waals surface area contributed by atoms with E-state index in [2.05, 4.69) is 12.2 Å². The van der Waals surface area contributed by atoms with Crippen LogP contribution in [-0.2, 0) is 4.74 Å². The van der Waals surface area contributed by atoms with E-state index in [9.17, 15) is 0 Å². The van der Waals surface area contributed by atoms with Crippen LogP contribution in [0.4, 0.5) is 0 Å². The highest BCUT2D eigenvalue weighted by atomic mass is 16.5. The summed E-state index contributed by atoms with van der Waals surface area (Å²) < 4.78 is 5.96. The van der Waals surface area contributed by atoms with Crippen LogP contribution in [0.3, 0.4) is 0 Å². The Labute approximate surface area is 73.8 Å². The SMILES string of the molecule is C1=C[C@@H]2CC[C@H]1C[C@]21CCCO1. The third-order valence-electron chi connectivity index (χ3n) is 3.88. The zero-order valence-electron chi connectivity index (χ0n) is 7.46. The van der Waals surface area contributed by atoms with Gasteiger partial charge < -0.3 is 4.74 Å². The highest BCUT2D eigenvalue weighted by molar-refractivity contribution is 5.14. The summed E-state index contributed by atoms with van der Waals surface area (Å²) in [6.45, 7) is 1.01. The lowest BCUT2D eigenvalue weighted by molar-refractivity contribution is -0.0691. The largest absolute Gasteiger partial charge is 0.374 e. The molecule has 1 saturated carbocycles. The van der Waals surface area contributed by atoms with Gasteiger partial charge in [-0.25, -0.2) is 0 Å². The normalized spacial score (nSPS) is 50.7. The van der Waals surface area contributed by atoms with Crippen LogP contribution >= 0.6 is 0 Å². The van der Waals surface area contributed by atoms with Crippen LogP contribution in [0.1, 0.15) is 32.1 Å². The Bertz CT molecular complexity index is 213. The lowest BCUT2D eigenvalue weighted by atomic mass is 9.65. The van der Waals surface area contributed by atoms with E-state index < -0.39 is 0 Å². The molecule has 3 aliphatic carbocycles. The van der Waals surface area contributed by atoms with E-state index in [-0.39, 0.29) is 0 Å². The lowest BCUT2D eigenvalue weighted by Gasteiger charge is -2.45. The van der Waals surface area contributed by atoms with E-state index in [1.807, 2.05) is 0 Å². The van der Waals surface area contributed by atoms with Gasteiger partial charge in [-0.2, -0.15) is 0 Å². The van der Waals surface area contributed by atoms with Crippen molar-refractivity contribution in [1.82, 2.24) is 0 Å². The molecule has 1 heterocycles. The van der Waals surface area contributed by atoms with E-state index in [1.165, 1.54) is 32.1 Å². The molecule has 66 valence electrons. The average Bonchev–Trinajstić information content (AvgIpc) is 2.55. The Morgan fingerprint density at radius 1 is 1.25 bits per heavy atom. The van der Waals surface area contributed by atoms with Crippen molar-refractivity contribution in [2.75, 3.05) is 6.61 Å². The van der Waals surface area contributed by atoms with Gasteiger partial charge in [0.15, 0.2) is 0 Å². The van der Waals surface area contributed by atoms with Gasteiger partial charge in [-0.1, -0.05) is 12.2 Å². The molecular weight excluding hydrogens is 148 g/mol. The second-order valence-electron chi connectivity index (χ2n) is 4.55. The van der Waals surface area contributed by atoms with Crippen LogP contribution in [-0.4, -0.2) is 12.2 Å². The van der Waals surface area contributed by atoms with Crippen molar-refractivity contribution in [3.8, 4) is 0 Å². The summed E-state index contributed by atoms with van der Waals surface area (Å²) in [6, 6.07) is 0. The zero-order valence-corrected chi connectivity index (χ0v) is 7.46. The second kappa shape index (κ2) is 2.35. The zero-order chi connectivity index (χ0) is 8.02. The minimum absolute atomic E-state index is 0.303. The van der Waals surface area contributed by atoms with E-state index in [0.717, 1.165) is 18.4 Å². The molecule has 4 rings (SSSR count). The minimum Gasteiger partial charge on any atom is -0.374 e. The molecule has 0 radical (unpaired) electrons. The summed E-state index contributed by atoms with van der Waals surface area (Å²) in [5.74, 6) is 1.60. The van der Waals surface area contributed by atoms with Crippen molar-refractivity contribution >= 4 is 0 Å². The molecule has 1 saturated heterocycles. The van der Waals surface area contributed by atoms with Crippen molar-refractivity contribution in [3.63, 3.8) is 0 Å². The molecule has 0 aromatic heterocycles. The van der Waals surface area contributed by atoms with Crippen molar-refractivity contribution in [3.05, 3.63) is 12.2 Å². The Kier molecular flexibility index (Phi) is 1.40. The minimum atomic E-state index is 0.303. The van der Waals surface area contributed by atoms with Crippen LogP contribution in [0, 0.1) is 11.8 Å². The van der Waals surface area contributed by atoms with Gasteiger partial charge in [0, 0.05) is 12.5 Å². The van der Waals surface area contributed by atoms with Crippen molar-refractivity contribution in [2.24, 2.45) is 11.8 Å². The van der Waals surface area contributed by atoms with Crippen molar-refractivity contribution < 1.29 is 4.74 Å². The van der Waals surface area contributed by atoms with Gasteiger partial charge in [0.2, 0.25) is 0 Å². The Morgan fingerprint density at radius 3 is 2.75 bits per heavy atom. The fourth-order valence-corrected chi connectivity index (χ4v) is 3.25. The third-order valence-corrected chi connectivity index (χ3v) is 3.88. The molecule has 3 atom stereocenters. The fraction of sp³-hybridized carbons (Fsp3) is 0.818. The molecule has 0 unspecified atom stereocenters. The average molecular weight is 164 g/mol. The van der Waals surface area contributed by atoms with Crippen LogP contribution in [0.25, 0.3) is 0 Å². The first-order chi connectivity index (χ1) is 5.89. The van der Waals surface area contributed by atoms with Crippen molar-refractivity contribution in [1.29, 1.82) is 0 Å². The molecule has 12 heavy (non-hydrogen) atoms. The summed E-state index contributed by atoms with van der Waals surface area (Å²) in [4.78, 5) is 0. The van der Waals surface area contributed by atoms with Crippen LogP contribution in [0.5, 0.6) is 0 Å². The third kappa shape index (κ3) is 0.832. The maximum absolute atomic E-state index is 5.96. The standard InChI is InChI=1S/C11H16O/c1-6-11(12-7-1)8-9-2-4-10(11)5-3-9/h2,4,9-10H,1,3,5-8H2/t9-,10+,11+/m0/s1. The summed E-state index contributed by atoms with van der Waals surface area (Å²) in [6.07, 6.45) is 11.5. The second-order valence-corrected chi connectivity index (χ2v) is 4.55. The van der Waals surface area contributed by atoms with Gasteiger partial charge >= 0.3 is 0 Å². The first-order valence-electron chi connectivity index (χ1n) is 5.21. The quantitative estimate of drug-likeness (QED) is 0.500. The molecular formula is C11H16O. The maximum Gasteiger partial charge on any atom is 0.0751 e. The Hall–Kier alpha value is -0.300. The van der Waals surface area contributed by atoms with E-state index in [0.29, 0.717) is 5.60 Å². The number of rotatable bonds is 0. The van der Waals surface area contributed by atoms with E-state index in [4.69, 9.17) is 4.74 Å². The first-order valence-corrected chi connectivity index (χ1v) is 5.21. The van der Waals surface area contributed by atoms with Gasteiger partial charge in [0.05, 0.1) is 5.60 Å². The highest BCUT2D eigenvalue weighted by Crippen LogP contribution is 2.49. The van der Waals surface area contributed by atoms with Crippen LogP contribution in [0.15, 0.2) is 12.2 Å². The summed E-state index contributed by atoms with van der Waals surface area (Å²) in [7, 11) is 0. The molecule has 2 fully saturated rings. The van der Waals surface area contributed by atoms with E-state index in [1.54, 1.807) is 0 Å². The van der Waals surface area contributed by atoms with Crippen LogP contribution in [0.2, 0.25) is 0 Å². The number of ether oxygens (including phenoxy) is 1. The molecule has 0 aromatic rings. The molecule has 0 amide bonds. The Balaban J connectivity index is 1.93. The summed E-state index contributed by atoms with van der Waals surface area (Å²) in [5.41, 5.74) is 0.303. The van der Waals surface area contributed by atoms with Gasteiger partial charge in [-0.15, -0.1) is 0 Å². The number of allylic oxidation sites excluding steroid dienone is 1. The molecule has 0 aromatic carbocycles. The lowest BCUT2D eigenvalue weighted by Crippen LogP contribution is -2.44. The summed E-state index contributed by atoms with van der Waals surface area (Å²) >= 11 is 0. The topological polar surface area (TPSA) is 9.23 Å². The van der Waals surface area contributed by atoms with Crippen molar-refractivity contribution in [2.45, 2.75) is 37.7 Å². The maximum atomic E-state index is 5.96. The molecule has 0 N–H and O–H groups in total. The molecule has 1 spiro atoms. The van der Waals surface area contributed by atoms with E-state index >= 15 is 0 Å². The van der Waals surface area contributed by atoms with Gasteiger partial charge in [0.25, 0.3) is 0 Å². The predicted molar refractivity (Wildman–Crippen MR) is 47.9 cm³/mol. The number of hydrogen-bond donors (Lipinski definition) is 0. The van der Waals surface area contributed by atoms with Gasteiger partial charge in [0.1, 0.15) is 0 Å². The van der Waals surface area contributed by atoms with Gasteiger partial charge in [-0.3, -0.25) is 0 Å². The highest BCUT2D eigenvalue weighted by Gasteiger charge is 2.47. The van der Waals surface area contributed by atoms with Gasteiger partial charge in [-0.05, 0) is 38.0 Å². The van der Waals surface area contributed by atoms with Crippen LogP contribution < -0.4 is 0 Å². The molecule has 1 aliphatic heterocycles. The predicted octanol–water partition coefficient (Wildman–Crippen LogP) is 2.52. The number of hydrogen-bond acceptors (Lipinski definition) is 1. The molecule has 1 nitrogen and oxygen atoms in total. The smallest absolute Gasteiger partial charge is 0.0751 e. The monoisotopic (exact) mass is 164 g/mol. The fourth-order valence-electron chi connectivity index (χ4n) is 3.25. The number of fused-ring (bicyclic) bond motifs is 1. The molecule has 2 bridgehead atoms.